The molecule has 0 saturated carbocycles. The molecule has 7 heteroatoms. The molecule has 2 amide bonds. The van der Waals surface area contributed by atoms with Gasteiger partial charge >= 0.3 is 0 Å². The summed E-state index contributed by atoms with van der Waals surface area (Å²) in [5.74, 6) is 0.696. The van der Waals surface area contributed by atoms with E-state index in [1.807, 2.05) is 49.4 Å². The van der Waals surface area contributed by atoms with Crippen molar-refractivity contribution in [2.75, 3.05) is 33.3 Å². The van der Waals surface area contributed by atoms with E-state index in [1.54, 1.807) is 23.0 Å². The molecule has 2 aromatic rings. The van der Waals surface area contributed by atoms with Gasteiger partial charge in [0.05, 0.1) is 7.11 Å². The number of benzene rings is 2. The van der Waals surface area contributed by atoms with Crippen molar-refractivity contribution in [1.29, 1.82) is 0 Å². The van der Waals surface area contributed by atoms with Crippen molar-refractivity contribution in [3.05, 3.63) is 65.2 Å². The number of hydrogen-bond acceptors (Lipinski definition) is 4. The summed E-state index contributed by atoms with van der Waals surface area (Å²) in [6.45, 7) is 4.02. The topological polar surface area (TPSA) is 75.9 Å². The molecule has 156 valence electrons. The lowest BCUT2D eigenvalue weighted by atomic mass is 10.0. The fraction of sp³-hybridized carbons (Fsp3) is 0.364. The van der Waals surface area contributed by atoms with E-state index in [0.29, 0.717) is 37.5 Å². The molecule has 29 heavy (non-hydrogen) atoms. The van der Waals surface area contributed by atoms with Gasteiger partial charge in [0.15, 0.2) is 0 Å². The second kappa shape index (κ2) is 10.3. The van der Waals surface area contributed by atoms with E-state index in [1.165, 1.54) is 0 Å². The Balaban J connectivity index is 0.00000300. The highest BCUT2D eigenvalue weighted by atomic mass is 35.5. The molecule has 1 unspecified atom stereocenters. The number of halogens is 1. The smallest absolute Gasteiger partial charge is 0.254 e. The second-order valence-electron chi connectivity index (χ2n) is 7.08. The first-order valence-electron chi connectivity index (χ1n) is 9.52. The van der Waals surface area contributed by atoms with Gasteiger partial charge in [-0.1, -0.05) is 36.4 Å². The van der Waals surface area contributed by atoms with Gasteiger partial charge in [0.2, 0.25) is 5.91 Å². The molecule has 1 atom stereocenters. The molecule has 1 saturated heterocycles. The standard InChI is InChI=1S/C22H27N3O3.ClH/c1-16-8-9-18(14-20(16)28-2)22(27)25-12-10-24(11-13-25)21(26)15-19(23)17-6-4-3-5-7-17;/h3-9,14,19H,10-13,15,23H2,1-2H3;1H. The predicted octanol–water partition coefficient (Wildman–Crippen LogP) is 2.80. The van der Waals surface area contributed by atoms with Crippen molar-refractivity contribution < 1.29 is 14.3 Å². The Morgan fingerprint density at radius 2 is 1.66 bits per heavy atom. The Kier molecular flexibility index (Phi) is 8.05. The van der Waals surface area contributed by atoms with Gasteiger partial charge in [0, 0.05) is 44.2 Å². The summed E-state index contributed by atoms with van der Waals surface area (Å²) >= 11 is 0. The number of rotatable bonds is 5. The molecule has 2 aromatic carbocycles. The molecule has 0 aliphatic carbocycles. The fourth-order valence-corrected chi connectivity index (χ4v) is 3.43. The van der Waals surface area contributed by atoms with Gasteiger partial charge in [-0.25, -0.2) is 0 Å². The summed E-state index contributed by atoms with van der Waals surface area (Å²) in [7, 11) is 1.60. The zero-order chi connectivity index (χ0) is 20.1. The summed E-state index contributed by atoms with van der Waals surface area (Å²) in [6, 6.07) is 14.8. The van der Waals surface area contributed by atoms with Gasteiger partial charge in [0.1, 0.15) is 5.75 Å². The van der Waals surface area contributed by atoms with Crippen LogP contribution in [0.1, 0.15) is 33.9 Å². The average molecular weight is 418 g/mol. The van der Waals surface area contributed by atoms with E-state index in [-0.39, 0.29) is 36.7 Å². The van der Waals surface area contributed by atoms with Crippen LogP contribution in [0.5, 0.6) is 5.75 Å². The fourth-order valence-electron chi connectivity index (χ4n) is 3.43. The number of methoxy groups -OCH3 is 1. The third-order valence-electron chi connectivity index (χ3n) is 5.20. The summed E-state index contributed by atoms with van der Waals surface area (Å²) in [4.78, 5) is 28.9. The molecule has 1 fully saturated rings. The quantitative estimate of drug-likeness (QED) is 0.811. The Morgan fingerprint density at radius 1 is 1.03 bits per heavy atom. The van der Waals surface area contributed by atoms with Crippen LogP contribution in [0.25, 0.3) is 0 Å². The van der Waals surface area contributed by atoms with Gasteiger partial charge in [0.25, 0.3) is 5.91 Å². The van der Waals surface area contributed by atoms with E-state index in [0.717, 1.165) is 11.1 Å². The molecule has 1 heterocycles. The molecular formula is C22H28ClN3O3. The van der Waals surface area contributed by atoms with E-state index >= 15 is 0 Å². The van der Waals surface area contributed by atoms with Crippen LogP contribution < -0.4 is 10.5 Å². The van der Waals surface area contributed by atoms with Crippen molar-refractivity contribution in [1.82, 2.24) is 9.80 Å². The summed E-state index contributed by atoms with van der Waals surface area (Å²) in [6.07, 6.45) is 0.271. The lowest BCUT2D eigenvalue weighted by molar-refractivity contribution is -0.133. The molecule has 2 N–H and O–H groups in total. The van der Waals surface area contributed by atoms with Crippen molar-refractivity contribution in [3.8, 4) is 5.75 Å². The monoisotopic (exact) mass is 417 g/mol. The molecule has 0 bridgehead atoms. The molecule has 0 radical (unpaired) electrons. The van der Waals surface area contributed by atoms with E-state index in [2.05, 4.69) is 0 Å². The minimum Gasteiger partial charge on any atom is -0.496 e. The highest BCUT2D eigenvalue weighted by molar-refractivity contribution is 5.95. The summed E-state index contributed by atoms with van der Waals surface area (Å²) in [5.41, 5.74) is 8.72. The maximum Gasteiger partial charge on any atom is 0.254 e. The highest BCUT2D eigenvalue weighted by Gasteiger charge is 2.26. The molecular weight excluding hydrogens is 390 g/mol. The van der Waals surface area contributed by atoms with Crippen LogP contribution in [0, 0.1) is 6.92 Å². The number of nitrogens with zero attached hydrogens (tertiary/aromatic N) is 2. The highest BCUT2D eigenvalue weighted by Crippen LogP contribution is 2.21. The minimum atomic E-state index is -0.312. The predicted molar refractivity (Wildman–Crippen MR) is 115 cm³/mol. The zero-order valence-corrected chi connectivity index (χ0v) is 17.7. The number of ether oxygens (including phenoxy) is 1. The number of nitrogens with two attached hydrogens (primary N) is 1. The van der Waals surface area contributed by atoms with Crippen LogP contribution >= 0.6 is 12.4 Å². The van der Waals surface area contributed by atoms with Crippen LogP contribution in [0.4, 0.5) is 0 Å². The number of amides is 2. The van der Waals surface area contributed by atoms with Crippen LogP contribution in [-0.2, 0) is 4.79 Å². The first kappa shape index (κ1) is 22.7. The van der Waals surface area contributed by atoms with Gasteiger partial charge in [-0.2, -0.15) is 0 Å². The largest absolute Gasteiger partial charge is 0.496 e. The lowest BCUT2D eigenvalue weighted by Crippen LogP contribution is -2.51. The van der Waals surface area contributed by atoms with Crippen LogP contribution in [-0.4, -0.2) is 54.9 Å². The Morgan fingerprint density at radius 3 is 2.28 bits per heavy atom. The van der Waals surface area contributed by atoms with Crippen LogP contribution in [0.15, 0.2) is 48.5 Å². The molecule has 6 nitrogen and oxygen atoms in total. The number of aryl methyl sites for hydroxylation is 1. The average Bonchev–Trinajstić information content (AvgIpc) is 2.74. The van der Waals surface area contributed by atoms with Gasteiger partial charge in [-0.3, -0.25) is 9.59 Å². The Hall–Kier alpha value is -2.57. The first-order valence-corrected chi connectivity index (χ1v) is 9.52. The van der Waals surface area contributed by atoms with Gasteiger partial charge in [-0.05, 0) is 30.2 Å². The first-order chi connectivity index (χ1) is 13.5. The third-order valence-corrected chi connectivity index (χ3v) is 5.20. The Labute approximate surface area is 178 Å². The normalized spacial score (nSPS) is 14.7. The number of carbonyl (C=O) groups excluding carboxylic acids is 2. The molecule has 1 aliphatic heterocycles. The number of carbonyl (C=O) groups is 2. The van der Waals surface area contributed by atoms with Gasteiger partial charge < -0.3 is 20.3 Å². The van der Waals surface area contributed by atoms with E-state index in [9.17, 15) is 9.59 Å². The van der Waals surface area contributed by atoms with Crippen LogP contribution in [0.2, 0.25) is 0 Å². The number of piperazine rings is 1. The Bertz CT molecular complexity index is 836. The summed E-state index contributed by atoms with van der Waals surface area (Å²) in [5, 5.41) is 0. The lowest BCUT2D eigenvalue weighted by Gasteiger charge is -2.35. The van der Waals surface area contributed by atoms with E-state index in [4.69, 9.17) is 10.5 Å². The number of hydrogen-bond donors (Lipinski definition) is 1. The maximum absolute atomic E-state index is 12.8. The van der Waals surface area contributed by atoms with E-state index < -0.39 is 0 Å². The SMILES string of the molecule is COc1cc(C(=O)N2CCN(C(=O)CC(N)c3ccccc3)CC2)ccc1C.Cl. The molecule has 3 rings (SSSR count). The molecule has 1 aliphatic rings. The maximum atomic E-state index is 12.8. The molecule has 0 aromatic heterocycles. The van der Waals surface area contributed by atoms with Crippen molar-refractivity contribution >= 4 is 24.2 Å². The van der Waals surface area contributed by atoms with Crippen molar-refractivity contribution in [3.63, 3.8) is 0 Å². The summed E-state index contributed by atoms with van der Waals surface area (Å²) < 4.78 is 5.31. The third kappa shape index (κ3) is 5.49. The van der Waals surface area contributed by atoms with Crippen molar-refractivity contribution in [2.45, 2.75) is 19.4 Å². The minimum absolute atomic E-state index is 0. The van der Waals surface area contributed by atoms with Gasteiger partial charge in [-0.15, -0.1) is 12.4 Å². The second-order valence-corrected chi connectivity index (χ2v) is 7.08. The van der Waals surface area contributed by atoms with Crippen LogP contribution in [0.3, 0.4) is 0 Å². The zero-order valence-electron chi connectivity index (χ0n) is 16.8. The van der Waals surface area contributed by atoms with Crippen molar-refractivity contribution in [2.24, 2.45) is 5.73 Å². The molecule has 0 spiro atoms.